The smallest absolute Gasteiger partial charge is 0.282 e. The highest BCUT2D eigenvalue weighted by Gasteiger charge is 2.20. The van der Waals surface area contributed by atoms with E-state index < -0.39 is 0 Å². The standard InChI is InChI=1S/C17H12N6O2S/c1-2-8-24-12-6-3-5-11(10-12)23-15(18)14(20-22-23)17-19-16(21-25-17)13-7-4-9-26-13/h1,3-7,9-10H,8,18H2. The van der Waals surface area contributed by atoms with Crippen LogP contribution >= 0.6 is 11.3 Å². The molecule has 0 saturated carbocycles. The summed E-state index contributed by atoms with van der Waals surface area (Å²) in [4.78, 5) is 5.23. The summed E-state index contributed by atoms with van der Waals surface area (Å²) < 4.78 is 12.2. The number of ether oxygens (including phenoxy) is 1. The molecule has 0 fully saturated rings. The molecular formula is C17H12N6O2S. The Hall–Kier alpha value is -3.64. The Morgan fingerprint density at radius 2 is 2.23 bits per heavy atom. The highest BCUT2D eigenvalue weighted by molar-refractivity contribution is 7.13. The monoisotopic (exact) mass is 364 g/mol. The van der Waals surface area contributed by atoms with Gasteiger partial charge < -0.3 is 15.0 Å². The van der Waals surface area contributed by atoms with Gasteiger partial charge in [0.25, 0.3) is 5.89 Å². The van der Waals surface area contributed by atoms with Crippen molar-refractivity contribution < 1.29 is 9.26 Å². The van der Waals surface area contributed by atoms with Crippen molar-refractivity contribution in [2.24, 2.45) is 0 Å². The van der Waals surface area contributed by atoms with Crippen LogP contribution in [0.25, 0.3) is 28.0 Å². The molecule has 0 saturated heterocycles. The van der Waals surface area contributed by atoms with Gasteiger partial charge in [-0.3, -0.25) is 0 Å². The molecule has 0 aliphatic carbocycles. The van der Waals surface area contributed by atoms with Crippen molar-refractivity contribution in [2.45, 2.75) is 0 Å². The fraction of sp³-hybridized carbons (Fsp3) is 0.0588. The zero-order valence-electron chi connectivity index (χ0n) is 13.4. The zero-order valence-corrected chi connectivity index (χ0v) is 14.2. The van der Waals surface area contributed by atoms with Crippen molar-refractivity contribution >= 4 is 17.2 Å². The van der Waals surface area contributed by atoms with Gasteiger partial charge in [0, 0.05) is 6.07 Å². The number of benzene rings is 1. The molecule has 128 valence electrons. The first-order valence-corrected chi connectivity index (χ1v) is 8.40. The van der Waals surface area contributed by atoms with Gasteiger partial charge in [-0.1, -0.05) is 28.4 Å². The van der Waals surface area contributed by atoms with Crippen LogP contribution in [-0.4, -0.2) is 31.7 Å². The second-order valence-corrected chi connectivity index (χ2v) is 6.07. The number of thiophene rings is 1. The quantitative estimate of drug-likeness (QED) is 0.543. The summed E-state index contributed by atoms with van der Waals surface area (Å²) in [5, 5.41) is 14.0. The Balaban J connectivity index is 1.66. The van der Waals surface area contributed by atoms with E-state index >= 15 is 0 Å². The van der Waals surface area contributed by atoms with Gasteiger partial charge in [0.05, 0.1) is 10.6 Å². The molecule has 0 amide bonds. The van der Waals surface area contributed by atoms with E-state index in [1.165, 1.54) is 16.0 Å². The summed E-state index contributed by atoms with van der Waals surface area (Å²) in [6, 6.07) is 11.0. The molecule has 2 N–H and O–H groups in total. The molecule has 26 heavy (non-hydrogen) atoms. The fourth-order valence-corrected chi connectivity index (χ4v) is 2.94. The van der Waals surface area contributed by atoms with Crippen LogP contribution in [0, 0.1) is 12.3 Å². The first kappa shape index (κ1) is 15.9. The van der Waals surface area contributed by atoms with Crippen LogP contribution in [0.3, 0.4) is 0 Å². The Labute approximate surface area is 152 Å². The molecule has 4 aromatic rings. The lowest BCUT2D eigenvalue weighted by molar-refractivity contribution is 0.370. The Morgan fingerprint density at radius 3 is 3.04 bits per heavy atom. The van der Waals surface area contributed by atoms with E-state index in [2.05, 4.69) is 26.4 Å². The van der Waals surface area contributed by atoms with Gasteiger partial charge >= 0.3 is 0 Å². The summed E-state index contributed by atoms with van der Waals surface area (Å²) in [5.74, 6) is 3.99. The van der Waals surface area contributed by atoms with Crippen LogP contribution in [0.2, 0.25) is 0 Å². The van der Waals surface area contributed by atoms with E-state index in [1.54, 1.807) is 12.1 Å². The average molecular weight is 364 g/mol. The van der Waals surface area contributed by atoms with Crippen LogP contribution in [0.4, 0.5) is 5.82 Å². The summed E-state index contributed by atoms with van der Waals surface area (Å²) in [6.45, 7) is 0.176. The molecule has 4 rings (SSSR count). The molecule has 0 aliphatic rings. The maximum Gasteiger partial charge on any atom is 0.282 e. The van der Waals surface area contributed by atoms with E-state index in [0.717, 1.165) is 4.88 Å². The van der Waals surface area contributed by atoms with E-state index in [1.807, 2.05) is 29.6 Å². The Morgan fingerprint density at radius 1 is 1.31 bits per heavy atom. The summed E-state index contributed by atoms with van der Waals surface area (Å²) in [5.41, 5.74) is 7.17. The lowest BCUT2D eigenvalue weighted by Gasteiger charge is -2.06. The summed E-state index contributed by atoms with van der Waals surface area (Å²) in [6.07, 6.45) is 5.21. The molecule has 9 heteroatoms. The van der Waals surface area contributed by atoms with Crippen LogP contribution in [0.1, 0.15) is 0 Å². The maximum atomic E-state index is 6.19. The molecule has 3 aromatic heterocycles. The summed E-state index contributed by atoms with van der Waals surface area (Å²) in [7, 11) is 0. The molecule has 3 heterocycles. The third-order valence-electron chi connectivity index (χ3n) is 3.46. The van der Waals surface area contributed by atoms with Crippen LogP contribution in [0.5, 0.6) is 5.75 Å². The zero-order chi connectivity index (χ0) is 17.9. The molecule has 0 spiro atoms. The Bertz CT molecular complexity index is 1080. The van der Waals surface area contributed by atoms with Crippen molar-refractivity contribution in [3.63, 3.8) is 0 Å². The van der Waals surface area contributed by atoms with E-state index in [0.29, 0.717) is 23.0 Å². The fourth-order valence-electron chi connectivity index (χ4n) is 2.29. The van der Waals surface area contributed by atoms with Crippen LogP contribution < -0.4 is 10.5 Å². The molecule has 0 bridgehead atoms. The van der Waals surface area contributed by atoms with Gasteiger partial charge in [-0.15, -0.1) is 22.9 Å². The third kappa shape index (κ3) is 2.89. The Kier molecular flexibility index (Phi) is 4.09. The predicted octanol–water partition coefficient (Wildman–Crippen LogP) is 2.64. The minimum absolute atomic E-state index is 0.176. The number of nitrogen functional groups attached to an aromatic ring is 1. The normalized spacial score (nSPS) is 10.6. The van der Waals surface area contributed by atoms with Gasteiger partial charge in [-0.2, -0.15) is 9.67 Å². The number of nitrogens with zero attached hydrogens (tertiary/aromatic N) is 5. The van der Waals surface area contributed by atoms with Crippen LogP contribution in [-0.2, 0) is 0 Å². The average Bonchev–Trinajstić information content (AvgIpc) is 3.40. The van der Waals surface area contributed by atoms with Crippen molar-refractivity contribution in [3.05, 3.63) is 41.8 Å². The molecule has 0 radical (unpaired) electrons. The minimum Gasteiger partial charge on any atom is -0.481 e. The molecule has 0 atom stereocenters. The minimum atomic E-state index is 0.176. The van der Waals surface area contributed by atoms with Crippen molar-refractivity contribution in [1.29, 1.82) is 0 Å². The molecule has 8 nitrogen and oxygen atoms in total. The lowest BCUT2D eigenvalue weighted by atomic mass is 10.3. The third-order valence-corrected chi connectivity index (χ3v) is 4.33. The van der Waals surface area contributed by atoms with E-state index in [-0.39, 0.29) is 18.3 Å². The van der Waals surface area contributed by atoms with Gasteiger partial charge in [-0.25, -0.2) is 0 Å². The van der Waals surface area contributed by atoms with Gasteiger partial charge in [-0.05, 0) is 23.6 Å². The maximum absolute atomic E-state index is 6.19. The first-order valence-electron chi connectivity index (χ1n) is 7.52. The van der Waals surface area contributed by atoms with Gasteiger partial charge in [0.2, 0.25) is 5.82 Å². The summed E-state index contributed by atoms with van der Waals surface area (Å²) >= 11 is 1.51. The molecule has 1 aromatic carbocycles. The molecule has 0 unspecified atom stereocenters. The van der Waals surface area contributed by atoms with E-state index in [9.17, 15) is 0 Å². The largest absolute Gasteiger partial charge is 0.481 e. The molecule has 0 aliphatic heterocycles. The predicted molar refractivity (Wildman–Crippen MR) is 96.7 cm³/mol. The van der Waals surface area contributed by atoms with Crippen molar-refractivity contribution in [2.75, 3.05) is 12.3 Å². The number of aromatic nitrogens is 5. The van der Waals surface area contributed by atoms with Crippen molar-refractivity contribution in [1.82, 2.24) is 25.1 Å². The number of hydrogen-bond donors (Lipinski definition) is 1. The van der Waals surface area contributed by atoms with Gasteiger partial charge in [0.1, 0.15) is 12.4 Å². The highest BCUT2D eigenvalue weighted by Crippen LogP contribution is 2.28. The van der Waals surface area contributed by atoms with E-state index in [4.69, 9.17) is 21.4 Å². The number of rotatable bonds is 5. The highest BCUT2D eigenvalue weighted by atomic mass is 32.1. The second kappa shape index (κ2) is 6.70. The number of nitrogens with two attached hydrogens (primary N) is 1. The van der Waals surface area contributed by atoms with Crippen LogP contribution in [0.15, 0.2) is 46.3 Å². The molecular weight excluding hydrogens is 352 g/mol. The number of anilines is 1. The first-order chi connectivity index (χ1) is 12.8. The van der Waals surface area contributed by atoms with Crippen molar-refractivity contribution in [3.8, 4) is 46.1 Å². The van der Waals surface area contributed by atoms with Gasteiger partial charge in [0.15, 0.2) is 11.5 Å². The SMILES string of the molecule is C#CCOc1cccc(-n2nnc(-c3nc(-c4cccs4)no3)c2N)c1. The lowest BCUT2D eigenvalue weighted by Crippen LogP contribution is -2.03. The topological polar surface area (TPSA) is 105 Å². The second-order valence-electron chi connectivity index (χ2n) is 5.13. The number of hydrogen-bond acceptors (Lipinski definition) is 8. The number of terminal acetylenes is 1.